The van der Waals surface area contributed by atoms with E-state index >= 15 is 0 Å². The van der Waals surface area contributed by atoms with Crippen molar-refractivity contribution >= 4 is 15.9 Å². The van der Waals surface area contributed by atoms with Gasteiger partial charge in [0.2, 0.25) is 0 Å². The predicted octanol–water partition coefficient (Wildman–Crippen LogP) is 3.08. The Balaban J connectivity index is 1.96. The molecule has 0 amide bonds. The lowest BCUT2D eigenvalue weighted by molar-refractivity contribution is 0.176. The van der Waals surface area contributed by atoms with Crippen LogP contribution in [0, 0.1) is 5.92 Å². The molecule has 1 aliphatic rings. The number of hydrogen-bond acceptors (Lipinski definition) is 2. The predicted molar refractivity (Wildman–Crippen MR) is 65.6 cm³/mol. The molecular formula is C12H17BrN2. The number of likely N-dealkylation sites (tertiary alicyclic amines) is 1. The van der Waals surface area contributed by atoms with Crippen molar-refractivity contribution in [2.24, 2.45) is 5.92 Å². The summed E-state index contributed by atoms with van der Waals surface area (Å²) in [6.07, 6.45) is 6.52. The van der Waals surface area contributed by atoms with E-state index in [9.17, 15) is 0 Å². The average molecular weight is 269 g/mol. The topological polar surface area (TPSA) is 16.1 Å². The van der Waals surface area contributed by atoms with Gasteiger partial charge in [-0.15, -0.1) is 0 Å². The molecule has 2 nitrogen and oxygen atoms in total. The van der Waals surface area contributed by atoms with Gasteiger partial charge in [-0.1, -0.05) is 6.92 Å². The highest BCUT2D eigenvalue weighted by atomic mass is 79.9. The van der Waals surface area contributed by atoms with Crippen molar-refractivity contribution in [1.29, 1.82) is 0 Å². The van der Waals surface area contributed by atoms with Crippen LogP contribution in [0.4, 0.5) is 0 Å². The van der Waals surface area contributed by atoms with E-state index in [1.54, 1.807) is 0 Å². The molecule has 1 aliphatic heterocycles. The minimum atomic E-state index is 0.846. The Hall–Kier alpha value is -0.410. The largest absolute Gasteiger partial charge is 0.299 e. The van der Waals surface area contributed by atoms with Gasteiger partial charge >= 0.3 is 0 Å². The Morgan fingerprint density at radius 2 is 2.40 bits per heavy atom. The highest BCUT2D eigenvalue weighted by Crippen LogP contribution is 2.18. The summed E-state index contributed by atoms with van der Waals surface area (Å²) in [5.41, 5.74) is 1.30. The van der Waals surface area contributed by atoms with Gasteiger partial charge in [0.15, 0.2) is 0 Å². The van der Waals surface area contributed by atoms with Crippen molar-refractivity contribution in [3.8, 4) is 0 Å². The first-order valence-electron chi connectivity index (χ1n) is 5.56. The van der Waals surface area contributed by atoms with E-state index < -0.39 is 0 Å². The SMILES string of the molecule is CC1CCCN(Cc2cncc(Br)c2)C1. The average Bonchev–Trinajstić information content (AvgIpc) is 2.17. The zero-order valence-electron chi connectivity index (χ0n) is 9.12. The number of halogens is 1. The van der Waals surface area contributed by atoms with Gasteiger partial charge in [0.1, 0.15) is 0 Å². The second-order valence-electron chi connectivity index (χ2n) is 4.49. The van der Waals surface area contributed by atoms with Gasteiger partial charge in [0, 0.05) is 30.0 Å². The maximum Gasteiger partial charge on any atom is 0.0410 e. The molecule has 0 spiro atoms. The van der Waals surface area contributed by atoms with Crippen molar-refractivity contribution in [3.05, 3.63) is 28.5 Å². The van der Waals surface area contributed by atoms with Gasteiger partial charge in [-0.3, -0.25) is 9.88 Å². The summed E-state index contributed by atoms with van der Waals surface area (Å²) in [5, 5.41) is 0. The highest BCUT2D eigenvalue weighted by Gasteiger charge is 2.16. The smallest absolute Gasteiger partial charge is 0.0410 e. The molecule has 0 saturated carbocycles. The van der Waals surface area contributed by atoms with Crippen LogP contribution >= 0.6 is 15.9 Å². The van der Waals surface area contributed by atoms with Gasteiger partial charge < -0.3 is 0 Å². The number of piperidine rings is 1. The van der Waals surface area contributed by atoms with Gasteiger partial charge in [-0.25, -0.2) is 0 Å². The van der Waals surface area contributed by atoms with Crippen molar-refractivity contribution < 1.29 is 0 Å². The maximum absolute atomic E-state index is 4.20. The van der Waals surface area contributed by atoms with Crippen LogP contribution in [0.2, 0.25) is 0 Å². The maximum atomic E-state index is 4.20. The molecule has 2 rings (SSSR count). The monoisotopic (exact) mass is 268 g/mol. The molecule has 0 N–H and O–H groups in total. The third-order valence-electron chi connectivity index (χ3n) is 2.91. The Bertz CT molecular complexity index is 327. The molecule has 82 valence electrons. The molecule has 1 saturated heterocycles. The summed E-state index contributed by atoms with van der Waals surface area (Å²) >= 11 is 3.46. The van der Waals surface area contributed by atoms with Crippen LogP contribution in [-0.4, -0.2) is 23.0 Å². The molecule has 15 heavy (non-hydrogen) atoms. The summed E-state index contributed by atoms with van der Waals surface area (Å²) in [5.74, 6) is 0.846. The van der Waals surface area contributed by atoms with E-state index in [-0.39, 0.29) is 0 Å². The van der Waals surface area contributed by atoms with E-state index in [1.807, 2.05) is 12.4 Å². The van der Waals surface area contributed by atoms with Gasteiger partial charge in [-0.05, 0) is 52.9 Å². The second kappa shape index (κ2) is 5.08. The lowest BCUT2D eigenvalue weighted by Gasteiger charge is -2.30. The molecule has 1 aromatic heterocycles. The fourth-order valence-corrected chi connectivity index (χ4v) is 2.64. The van der Waals surface area contributed by atoms with Crippen molar-refractivity contribution in [3.63, 3.8) is 0 Å². The van der Waals surface area contributed by atoms with Crippen LogP contribution in [0.25, 0.3) is 0 Å². The summed E-state index contributed by atoms with van der Waals surface area (Å²) in [6, 6.07) is 2.16. The van der Waals surface area contributed by atoms with Crippen LogP contribution in [-0.2, 0) is 6.54 Å². The van der Waals surface area contributed by atoms with Crippen molar-refractivity contribution in [2.45, 2.75) is 26.3 Å². The third kappa shape index (κ3) is 3.28. The van der Waals surface area contributed by atoms with Gasteiger partial charge in [0.25, 0.3) is 0 Å². The van der Waals surface area contributed by atoms with Gasteiger partial charge in [0.05, 0.1) is 0 Å². The fourth-order valence-electron chi connectivity index (χ4n) is 2.23. The zero-order valence-corrected chi connectivity index (χ0v) is 10.7. The minimum Gasteiger partial charge on any atom is -0.299 e. The number of aromatic nitrogens is 1. The Kier molecular flexibility index (Phi) is 3.76. The Morgan fingerprint density at radius 3 is 3.13 bits per heavy atom. The quantitative estimate of drug-likeness (QED) is 0.820. The van der Waals surface area contributed by atoms with Crippen LogP contribution in [0.5, 0.6) is 0 Å². The second-order valence-corrected chi connectivity index (χ2v) is 5.41. The third-order valence-corrected chi connectivity index (χ3v) is 3.34. The summed E-state index contributed by atoms with van der Waals surface area (Å²) in [7, 11) is 0. The van der Waals surface area contributed by atoms with Crippen LogP contribution in [0.1, 0.15) is 25.3 Å². The lowest BCUT2D eigenvalue weighted by Crippen LogP contribution is -2.33. The fraction of sp³-hybridized carbons (Fsp3) is 0.583. The van der Waals surface area contributed by atoms with Crippen LogP contribution in [0.3, 0.4) is 0 Å². The molecule has 1 fully saturated rings. The normalized spacial score (nSPS) is 22.9. The van der Waals surface area contributed by atoms with Crippen LogP contribution < -0.4 is 0 Å². The number of nitrogens with zero attached hydrogens (tertiary/aromatic N) is 2. The first-order chi connectivity index (χ1) is 7.24. The molecule has 1 unspecified atom stereocenters. The van der Waals surface area contributed by atoms with Crippen molar-refractivity contribution in [2.75, 3.05) is 13.1 Å². The van der Waals surface area contributed by atoms with E-state index in [0.29, 0.717) is 0 Å². The first-order valence-corrected chi connectivity index (χ1v) is 6.35. The molecule has 1 aromatic rings. The first kappa shape index (κ1) is 11.1. The van der Waals surface area contributed by atoms with Gasteiger partial charge in [-0.2, -0.15) is 0 Å². The lowest BCUT2D eigenvalue weighted by atomic mass is 10.00. The van der Waals surface area contributed by atoms with Crippen molar-refractivity contribution in [1.82, 2.24) is 9.88 Å². The summed E-state index contributed by atoms with van der Waals surface area (Å²) < 4.78 is 1.07. The zero-order chi connectivity index (χ0) is 10.7. The Labute approximate surface area is 99.8 Å². The summed E-state index contributed by atoms with van der Waals surface area (Å²) in [4.78, 5) is 6.72. The number of rotatable bonds is 2. The van der Waals surface area contributed by atoms with E-state index in [4.69, 9.17) is 0 Å². The molecule has 0 aliphatic carbocycles. The molecule has 0 aromatic carbocycles. The van der Waals surface area contributed by atoms with E-state index in [1.165, 1.54) is 31.5 Å². The minimum absolute atomic E-state index is 0.846. The van der Waals surface area contributed by atoms with E-state index in [0.717, 1.165) is 16.9 Å². The standard InChI is InChI=1S/C12H17BrN2/c1-10-3-2-4-15(8-10)9-11-5-12(13)7-14-6-11/h5-7,10H,2-4,8-9H2,1H3. The Morgan fingerprint density at radius 1 is 1.53 bits per heavy atom. The van der Waals surface area contributed by atoms with E-state index in [2.05, 4.69) is 38.8 Å². The molecule has 3 heteroatoms. The number of hydrogen-bond donors (Lipinski definition) is 0. The molecule has 2 heterocycles. The molecule has 1 atom stereocenters. The molecule has 0 radical (unpaired) electrons. The highest BCUT2D eigenvalue weighted by molar-refractivity contribution is 9.10. The molecule has 0 bridgehead atoms. The summed E-state index contributed by atoms with van der Waals surface area (Å²) in [6.45, 7) is 5.84. The number of pyridine rings is 1. The van der Waals surface area contributed by atoms with Crippen LogP contribution in [0.15, 0.2) is 22.9 Å². The molecular weight excluding hydrogens is 252 g/mol.